The van der Waals surface area contributed by atoms with E-state index in [2.05, 4.69) is 22.5 Å². The van der Waals surface area contributed by atoms with Gasteiger partial charge in [-0.25, -0.2) is 0 Å². The first-order valence-electron chi connectivity index (χ1n) is 7.89. The standard InChI is InChI=1S/C15H29N3O2/c1-4-8-16-14(19)12(3)18-10-6-13(7-11-18)15(20)17-9-5-2/h12-13H,4-11H2,1-3H3,(H,16,19)(H,17,20). The molecule has 2 N–H and O–H groups in total. The molecule has 0 bridgehead atoms. The molecule has 1 aliphatic heterocycles. The number of carbonyl (C=O) groups excluding carboxylic acids is 2. The summed E-state index contributed by atoms with van der Waals surface area (Å²) < 4.78 is 0. The maximum absolute atomic E-state index is 11.9. The van der Waals surface area contributed by atoms with Gasteiger partial charge in [-0.2, -0.15) is 0 Å². The van der Waals surface area contributed by atoms with E-state index in [1.54, 1.807) is 0 Å². The zero-order valence-electron chi connectivity index (χ0n) is 13.1. The van der Waals surface area contributed by atoms with E-state index in [0.29, 0.717) is 0 Å². The van der Waals surface area contributed by atoms with Gasteiger partial charge in [0.05, 0.1) is 6.04 Å². The van der Waals surface area contributed by atoms with Crippen LogP contribution in [-0.2, 0) is 9.59 Å². The van der Waals surface area contributed by atoms with Crippen molar-refractivity contribution >= 4 is 11.8 Å². The lowest BCUT2D eigenvalue weighted by Crippen LogP contribution is -2.49. The SMILES string of the molecule is CCCNC(=O)C1CCN(C(C)C(=O)NCCC)CC1. The second-order valence-electron chi connectivity index (χ2n) is 5.57. The lowest BCUT2D eigenvalue weighted by Gasteiger charge is -2.34. The van der Waals surface area contributed by atoms with Crippen LogP contribution in [0.4, 0.5) is 0 Å². The molecule has 0 aliphatic carbocycles. The summed E-state index contributed by atoms with van der Waals surface area (Å²) in [5.41, 5.74) is 0. The van der Waals surface area contributed by atoms with Crippen LogP contribution in [0.25, 0.3) is 0 Å². The molecule has 0 saturated carbocycles. The van der Waals surface area contributed by atoms with Gasteiger partial charge in [0, 0.05) is 19.0 Å². The van der Waals surface area contributed by atoms with Gasteiger partial charge in [-0.15, -0.1) is 0 Å². The Labute approximate surface area is 122 Å². The van der Waals surface area contributed by atoms with Gasteiger partial charge in [-0.3, -0.25) is 14.5 Å². The third-order valence-electron chi connectivity index (χ3n) is 3.93. The number of hydrogen-bond donors (Lipinski definition) is 2. The Bertz CT molecular complexity index is 312. The summed E-state index contributed by atoms with van der Waals surface area (Å²) in [5, 5.41) is 5.89. The van der Waals surface area contributed by atoms with Gasteiger partial charge in [0.15, 0.2) is 0 Å². The molecule has 1 rings (SSSR count). The molecular weight excluding hydrogens is 254 g/mol. The summed E-state index contributed by atoms with van der Waals surface area (Å²) in [7, 11) is 0. The molecule has 0 aromatic rings. The molecule has 0 aromatic carbocycles. The van der Waals surface area contributed by atoms with Crippen LogP contribution in [0.3, 0.4) is 0 Å². The van der Waals surface area contributed by atoms with Crippen LogP contribution in [0.15, 0.2) is 0 Å². The Morgan fingerprint density at radius 1 is 1.10 bits per heavy atom. The molecule has 1 fully saturated rings. The molecule has 0 aromatic heterocycles. The predicted octanol–water partition coefficient (Wildman–Crippen LogP) is 1.14. The van der Waals surface area contributed by atoms with Crippen LogP contribution in [0.5, 0.6) is 0 Å². The van der Waals surface area contributed by atoms with E-state index < -0.39 is 0 Å². The van der Waals surface area contributed by atoms with Crippen LogP contribution >= 0.6 is 0 Å². The number of nitrogens with one attached hydrogen (secondary N) is 2. The highest BCUT2D eigenvalue weighted by Crippen LogP contribution is 2.19. The number of amides is 2. The average Bonchev–Trinajstić information content (AvgIpc) is 2.49. The zero-order chi connectivity index (χ0) is 15.0. The molecule has 0 radical (unpaired) electrons. The van der Waals surface area contributed by atoms with E-state index in [1.165, 1.54) is 0 Å². The minimum absolute atomic E-state index is 0.0961. The van der Waals surface area contributed by atoms with E-state index >= 15 is 0 Å². The van der Waals surface area contributed by atoms with E-state index in [1.807, 2.05) is 13.8 Å². The molecule has 1 heterocycles. The molecule has 5 heteroatoms. The molecule has 1 unspecified atom stereocenters. The Morgan fingerprint density at radius 2 is 1.65 bits per heavy atom. The fraction of sp³-hybridized carbons (Fsp3) is 0.867. The van der Waals surface area contributed by atoms with Gasteiger partial charge >= 0.3 is 0 Å². The molecule has 116 valence electrons. The third kappa shape index (κ3) is 5.12. The Kier molecular flexibility index (Phi) is 7.59. The largest absolute Gasteiger partial charge is 0.356 e. The second-order valence-corrected chi connectivity index (χ2v) is 5.57. The van der Waals surface area contributed by atoms with Crippen molar-refractivity contribution in [2.24, 2.45) is 5.92 Å². The topological polar surface area (TPSA) is 61.4 Å². The van der Waals surface area contributed by atoms with Gasteiger partial charge in [0.25, 0.3) is 0 Å². The number of hydrogen-bond acceptors (Lipinski definition) is 3. The molecule has 2 amide bonds. The van der Waals surface area contributed by atoms with Crippen LogP contribution < -0.4 is 10.6 Å². The van der Waals surface area contributed by atoms with E-state index in [9.17, 15) is 9.59 Å². The van der Waals surface area contributed by atoms with E-state index in [4.69, 9.17) is 0 Å². The highest BCUT2D eigenvalue weighted by atomic mass is 16.2. The van der Waals surface area contributed by atoms with Crippen LogP contribution in [0.2, 0.25) is 0 Å². The Balaban J connectivity index is 2.34. The molecule has 0 spiro atoms. The van der Waals surface area contributed by atoms with Crippen molar-refractivity contribution in [1.29, 1.82) is 0 Å². The molecule has 20 heavy (non-hydrogen) atoms. The lowest BCUT2D eigenvalue weighted by molar-refractivity contribution is -0.128. The first-order valence-corrected chi connectivity index (χ1v) is 7.89. The Hall–Kier alpha value is -1.10. The third-order valence-corrected chi connectivity index (χ3v) is 3.93. The summed E-state index contributed by atoms with van der Waals surface area (Å²) in [4.78, 5) is 26.0. The minimum atomic E-state index is -0.0961. The van der Waals surface area contributed by atoms with Crippen molar-refractivity contribution in [1.82, 2.24) is 15.5 Å². The van der Waals surface area contributed by atoms with Crippen molar-refractivity contribution in [3.63, 3.8) is 0 Å². The highest BCUT2D eigenvalue weighted by Gasteiger charge is 2.29. The first kappa shape index (κ1) is 17.0. The summed E-state index contributed by atoms with van der Waals surface area (Å²) >= 11 is 0. The van der Waals surface area contributed by atoms with Gasteiger partial charge in [0.2, 0.25) is 11.8 Å². The second kappa shape index (κ2) is 8.95. The fourth-order valence-electron chi connectivity index (χ4n) is 2.50. The quantitative estimate of drug-likeness (QED) is 0.736. The summed E-state index contributed by atoms with van der Waals surface area (Å²) in [6, 6.07) is -0.0961. The predicted molar refractivity (Wildman–Crippen MR) is 80.4 cm³/mol. The monoisotopic (exact) mass is 283 g/mol. The smallest absolute Gasteiger partial charge is 0.237 e. The average molecular weight is 283 g/mol. The number of piperidine rings is 1. The molecule has 1 atom stereocenters. The fourth-order valence-corrected chi connectivity index (χ4v) is 2.50. The van der Waals surface area contributed by atoms with Gasteiger partial charge in [0.1, 0.15) is 0 Å². The number of rotatable bonds is 7. The number of nitrogens with zero attached hydrogens (tertiary/aromatic N) is 1. The highest BCUT2D eigenvalue weighted by molar-refractivity contribution is 5.81. The van der Waals surface area contributed by atoms with Crippen molar-refractivity contribution in [3.05, 3.63) is 0 Å². The number of carbonyl (C=O) groups is 2. The van der Waals surface area contributed by atoms with E-state index in [-0.39, 0.29) is 23.8 Å². The van der Waals surface area contributed by atoms with Crippen molar-refractivity contribution in [2.75, 3.05) is 26.2 Å². The minimum Gasteiger partial charge on any atom is -0.356 e. The van der Waals surface area contributed by atoms with Crippen LogP contribution in [-0.4, -0.2) is 48.9 Å². The lowest BCUT2D eigenvalue weighted by atomic mass is 9.95. The maximum Gasteiger partial charge on any atom is 0.237 e. The van der Waals surface area contributed by atoms with Crippen LogP contribution in [0.1, 0.15) is 46.5 Å². The molecule has 5 nitrogen and oxygen atoms in total. The summed E-state index contributed by atoms with van der Waals surface area (Å²) in [6.45, 7) is 9.19. The van der Waals surface area contributed by atoms with Gasteiger partial charge in [-0.1, -0.05) is 13.8 Å². The molecule has 1 saturated heterocycles. The molecular formula is C15H29N3O2. The van der Waals surface area contributed by atoms with Gasteiger partial charge < -0.3 is 10.6 Å². The van der Waals surface area contributed by atoms with Crippen molar-refractivity contribution < 1.29 is 9.59 Å². The number of likely N-dealkylation sites (tertiary alicyclic amines) is 1. The normalized spacial score (nSPS) is 18.6. The van der Waals surface area contributed by atoms with E-state index in [0.717, 1.165) is 51.9 Å². The summed E-state index contributed by atoms with van der Waals surface area (Å²) in [5.74, 6) is 0.388. The summed E-state index contributed by atoms with van der Waals surface area (Å²) in [6.07, 6.45) is 3.62. The maximum atomic E-state index is 11.9. The molecule has 1 aliphatic rings. The van der Waals surface area contributed by atoms with Crippen LogP contribution in [0, 0.1) is 5.92 Å². The van der Waals surface area contributed by atoms with Crippen molar-refractivity contribution in [3.8, 4) is 0 Å². The zero-order valence-corrected chi connectivity index (χ0v) is 13.1. The Morgan fingerprint density at radius 3 is 2.20 bits per heavy atom. The first-order chi connectivity index (χ1) is 9.60. The van der Waals surface area contributed by atoms with Gasteiger partial charge in [-0.05, 0) is 45.7 Å². The van der Waals surface area contributed by atoms with Crippen molar-refractivity contribution in [2.45, 2.75) is 52.5 Å².